The quantitative estimate of drug-likeness (QED) is 0.325. The predicted molar refractivity (Wildman–Crippen MR) is 121 cm³/mol. The zero-order valence-corrected chi connectivity index (χ0v) is 20.3. The molecule has 0 amide bonds. The molecular formula is C20H24N2O10S2. The Hall–Kier alpha value is -3.33. The molecule has 0 saturated heterocycles. The van der Waals surface area contributed by atoms with Gasteiger partial charge in [0.1, 0.15) is 22.9 Å². The molecule has 2 rings (SSSR count). The summed E-state index contributed by atoms with van der Waals surface area (Å²) in [4.78, 5) is 10.4. The fourth-order valence-corrected chi connectivity index (χ4v) is 5.81. The maximum Gasteiger partial charge on any atom is 0.320 e. The third-order valence-electron chi connectivity index (χ3n) is 4.49. The van der Waals surface area contributed by atoms with Gasteiger partial charge in [-0.3, -0.25) is 4.79 Å². The molecule has 186 valence electrons. The van der Waals surface area contributed by atoms with Crippen LogP contribution in [0.1, 0.15) is 11.1 Å². The molecule has 0 saturated carbocycles. The number of hydrogen-bond donors (Lipinski definition) is 2. The second kappa shape index (κ2) is 10.7. The molecule has 0 aromatic heterocycles. The maximum absolute atomic E-state index is 13.0. The molecule has 0 radical (unpaired) electrons. The molecule has 14 heteroatoms. The SMILES string of the molecule is COC(=C(OC)c1ccccc1OC)c1ccc(S(=O)(=O)N(CC(=O)O)S(N)(=O)=O)c(OC)c1. The molecule has 3 N–H and O–H groups in total. The first-order valence-electron chi connectivity index (χ1n) is 9.33. The minimum atomic E-state index is -4.94. The van der Waals surface area contributed by atoms with Crippen molar-refractivity contribution in [1.29, 1.82) is 0 Å². The molecular weight excluding hydrogens is 492 g/mol. The first-order valence-corrected chi connectivity index (χ1v) is 12.3. The number of carboxylic acids is 1. The Labute approximate surface area is 197 Å². The second-order valence-electron chi connectivity index (χ2n) is 6.51. The second-order valence-corrected chi connectivity index (χ2v) is 10.0. The molecule has 2 aromatic rings. The molecule has 2 aromatic carbocycles. The van der Waals surface area contributed by atoms with E-state index >= 15 is 0 Å². The van der Waals surface area contributed by atoms with Gasteiger partial charge in [-0.25, -0.2) is 13.6 Å². The number of methoxy groups -OCH3 is 4. The Bertz CT molecular complexity index is 1300. The first-order chi connectivity index (χ1) is 15.9. The lowest BCUT2D eigenvalue weighted by atomic mass is 10.1. The number of nitrogens with zero attached hydrogens (tertiary/aromatic N) is 1. The Morgan fingerprint density at radius 3 is 2.00 bits per heavy atom. The van der Waals surface area contributed by atoms with Gasteiger partial charge >= 0.3 is 5.97 Å². The van der Waals surface area contributed by atoms with Crippen LogP contribution in [0.15, 0.2) is 47.4 Å². The van der Waals surface area contributed by atoms with Crippen LogP contribution in [-0.2, 0) is 34.5 Å². The van der Waals surface area contributed by atoms with Crippen molar-refractivity contribution in [1.82, 2.24) is 3.71 Å². The van der Waals surface area contributed by atoms with Crippen LogP contribution in [-0.4, -0.2) is 66.6 Å². The third-order valence-corrected chi connectivity index (χ3v) is 7.95. The van der Waals surface area contributed by atoms with E-state index in [9.17, 15) is 21.6 Å². The maximum atomic E-state index is 13.0. The number of benzene rings is 2. The number of ether oxygens (including phenoxy) is 4. The van der Waals surface area contributed by atoms with E-state index < -0.39 is 37.6 Å². The lowest BCUT2D eigenvalue weighted by molar-refractivity contribution is -0.136. The monoisotopic (exact) mass is 516 g/mol. The highest BCUT2D eigenvalue weighted by atomic mass is 32.3. The van der Waals surface area contributed by atoms with Gasteiger partial charge in [0.05, 0.1) is 34.0 Å². The van der Waals surface area contributed by atoms with E-state index in [4.69, 9.17) is 29.2 Å². The van der Waals surface area contributed by atoms with E-state index in [0.29, 0.717) is 16.9 Å². The molecule has 0 spiro atoms. The normalized spacial score (nSPS) is 12.6. The third kappa shape index (κ3) is 5.59. The van der Waals surface area contributed by atoms with Gasteiger partial charge in [0.2, 0.25) is 0 Å². The number of hydrogen-bond acceptors (Lipinski definition) is 9. The molecule has 0 aliphatic carbocycles. The Morgan fingerprint density at radius 2 is 1.50 bits per heavy atom. The lowest BCUT2D eigenvalue weighted by Gasteiger charge is -2.20. The van der Waals surface area contributed by atoms with Crippen molar-refractivity contribution in [3.05, 3.63) is 53.6 Å². The van der Waals surface area contributed by atoms with Crippen molar-refractivity contribution in [2.75, 3.05) is 35.0 Å². The molecule has 0 heterocycles. The van der Waals surface area contributed by atoms with E-state index in [1.165, 1.54) is 33.5 Å². The minimum absolute atomic E-state index is 0.183. The number of sulfonamides is 1. The molecule has 0 atom stereocenters. The average molecular weight is 517 g/mol. The van der Waals surface area contributed by atoms with Crippen LogP contribution in [0.3, 0.4) is 0 Å². The van der Waals surface area contributed by atoms with Crippen LogP contribution in [0.5, 0.6) is 11.5 Å². The fourth-order valence-electron chi connectivity index (χ4n) is 3.05. The van der Waals surface area contributed by atoms with Crippen LogP contribution in [0.4, 0.5) is 0 Å². The van der Waals surface area contributed by atoms with Crippen molar-refractivity contribution in [2.24, 2.45) is 5.14 Å². The topological polar surface area (TPSA) is 172 Å². The molecule has 0 bridgehead atoms. The minimum Gasteiger partial charge on any atom is -0.496 e. The molecule has 0 unspecified atom stereocenters. The van der Waals surface area contributed by atoms with Crippen LogP contribution in [0.25, 0.3) is 11.5 Å². The van der Waals surface area contributed by atoms with Crippen LogP contribution < -0.4 is 14.6 Å². The van der Waals surface area contributed by atoms with Crippen LogP contribution in [0, 0.1) is 0 Å². The van der Waals surface area contributed by atoms with E-state index in [2.05, 4.69) is 0 Å². The van der Waals surface area contributed by atoms with Crippen LogP contribution >= 0.6 is 0 Å². The van der Waals surface area contributed by atoms with Gasteiger partial charge in [-0.1, -0.05) is 15.8 Å². The van der Waals surface area contributed by atoms with E-state index in [1.54, 1.807) is 24.3 Å². The van der Waals surface area contributed by atoms with Crippen molar-refractivity contribution < 1.29 is 45.7 Å². The number of rotatable bonds is 11. The molecule has 0 aliphatic heterocycles. The zero-order valence-electron chi connectivity index (χ0n) is 18.7. The Kier molecular flexibility index (Phi) is 8.50. The van der Waals surface area contributed by atoms with Gasteiger partial charge < -0.3 is 24.1 Å². The Balaban J connectivity index is 2.74. The summed E-state index contributed by atoms with van der Waals surface area (Å²) in [6.45, 7) is -1.41. The molecule has 0 aliphatic rings. The highest BCUT2D eigenvalue weighted by molar-refractivity contribution is 8.03. The van der Waals surface area contributed by atoms with Crippen molar-refractivity contribution in [2.45, 2.75) is 4.90 Å². The summed E-state index contributed by atoms with van der Waals surface area (Å²) in [5.41, 5.74) is 0.850. The number of para-hydroxylation sites is 1. The summed E-state index contributed by atoms with van der Waals surface area (Å²) >= 11 is 0. The number of carbonyl (C=O) groups is 1. The standard InChI is InChI=1S/C20H24N2O10S2/c1-29-15-8-6-5-7-14(15)20(32-4)19(31-3)13-9-10-17(16(11-13)30-2)33(25,26)22(12-18(23)24)34(21,27)28/h5-11H,12H2,1-4H3,(H,23,24)(H2,21,27,28). The van der Waals surface area contributed by atoms with E-state index in [1.807, 2.05) is 0 Å². The van der Waals surface area contributed by atoms with Crippen molar-refractivity contribution in [3.63, 3.8) is 0 Å². The predicted octanol–water partition coefficient (Wildman–Crippen LogP) is 1.10. The zero-order chi connectivity index (χ0) is 25.7. The summed E-state index contributed by atoms with van der Waals surface area (Å²) in [7, 11) is -4.45. The van der Waals surface area contributed by atoms with Gasteiger partial charge in [-0.05, 0) is 30.3 Å². The molecule has 0 fully saturated rings. The van der Waals surface area contributed by atoms with Gasteiger partial charge in [0.15, 0.2) is 11.5 Å². The first kappa shape index (κ1) is 26.9. The van der Waals surface area contributed by atoms with E-state index in [-0.39, 0.29) is 21.0 Å². The molecule has 34 heavy (non-hydrogen) atoms. The van der Waals surface area contributed by atoms with Gasteiger partial charge in [0, 0.05) is 5.56 Å². The number of carboxylic acid groups (broad SMARTS) is 1. The number of nitrogens with two attached hydrogens (primary N) is 1. The average Bonchev–Trinajstić information content (AvgIpc) is 2.79. The Morgan fingerprint density at radius 1 is 0.912 bits per heavy atom. The summed E-state index contributed by atoms with van der Waals surface area (Å²) in [6.07, 6.45) is 0. The van der Waals surface area contributed by atoms with Gasteiger partial charge in [-0.2, -0.15) is 8.42 Å². The van der Waals surface area contributed by atoms with Crippen molar-refractivity contribution >= 4 is 37.7 Å². The van der Waals surface area contributed by atoms with Gasteiger partial charge in [-0.15, -0.1) is 0 Å². The largest absolute Gasteiger partial charge is 0.496 e. The number of aliphatic carboxylic acids is 1. The van der Waals surface area contributed by atoms with Crippen LogP contribution in [0.2, 0.25) is 0 Å². The summed E-state index contributed by atoms with van der Waals surface area (Å²) < 4.78 is 70.8. The summed E-state index contributed by atoms with van der Waals surface area (Å²) in [6, 6.07) is 10.6. The summed E-state index contributed by atoms with van der Waals surface area (Å²) in [5.74, 6) is -1.09. The smallest absolute Gasteiger partial charge is 0.320 e. The molecule has 12 nitrogen and oxygen atoms in total. The van der Waals surface area contributed by atoms with Gasteiger partial charge in [0.25, 0.3) is 20.2 Å². The van der Waals surface area contributed by atoms with E-state index in [0.717, 1.165) is 13.2 Å². The van der Waals surface area contributed by atoms with Crippen molar-refractivity contribution in [3.8, 4) is 11.5 Å². The lowest BCUT2D eigenvalue weighted by Crippen LogP contribution is -2.44. The highest BCUT2D eigenvalue weighted by Crippen LogP contribution is 2.36. The summed E-state index contributed by atoms with van der Waals surface area (Å²) in [5, 5.41) is 13.9. The highest BCUT2D eigenvalue weighted by Gasteiger charge is 2.37. The fraction of sp³-hybridized carbons (Fsp3) is 0.250.